The van der Waals surface area contributed by atoms with Gasteiger partial charge in [-0.15, -0.1) is 0 Å². The van der Waals surface area contributed by atoms with Gasteiger partial charge >= 0.3 is 0 Å². The lowest BCUT2D eigenvalue weighted by atomic mass is 10.1. The molecule has 1 aromatic rings. The minimum atomic E-state index is -0.459. The standard InChI is InChI=1S/C13H19FN2O3/c1-16(8-12(18)15-6-7-19-2)13-10(9-17)4-3-5-11(13)14/h3-5,17H,6-9H2,1-2H3,(H,15,18). The number of para-hydroxylation sites is 1. The number of anilines is 1. The maximum absolute atomic E-state index is 13.7. The van der Waals surface area contributed by atoms with Gasteiger partial charge < -0.3 is 20.1 Å². The lowest BCUT2D eigenvalue weighted by Gasteiger charge is -2.22. The van der Waals surface area contributed by atoms with Gasteiger partial charge in [-0.3, -0.25) is 4.79 Å². The van der Waals surface area contributed by atoms with E-state index in [1.54, 1.807) is 20.2 Å². The van der Waals surface area contributed by atoms with Crippen molar-refractivity contribution in [3.8, 4) is 0 Å². The summed E-state index contributed by atoms with van der Waals surface area (Å²) in [6, 6.07) is 4.45. The number of hydrogen-bond acceptors (Lipinski definition) is 4. The van der Waals surface area contributed by atoms with Crippen LogP contribution >= 0.6 is 0 Å². The number of likely N-dealkylation sites (N-methyl/N-ethyl adjacent to an activating group) is 1. The molecule has 0 bridgehead atoms. The molecule has 1 rings (SSSR count). The molecule has 2 N–H and O–H groups in total. The molecule has 0 radical (unpaired) electrons. The van der Waals surface area contributed by atoms with E-state index in [1.807, 2.05) is 0 Å². The van der Waals surface area contributed by atoms with Gasteiger partial charge in [0.25, 0.3) is 0 Å². The van der Waals surface area contributed by atoms with E-state index < -0.39 is 5.82 Å². The number of carbonyl (C=O) groups excluding carboxylic acids is 1. The molecule has 0 saturated heterocycles. The molecule has 1 aromatic carbocycles. The third-order valence-electron chi connectivity index (χ3n) is 2.63. The normalized spacial score (nSPS) is 10.3. The van der Waals surface area contributed by atoms with E-state index in [1.165, 1.54) is 17.0 Å². The zero-order chi connectivity index (χ0) is 14.3. The highest BCUT2D eigenvalue weighted by Gasteiger charge is 2.14. The summed E-state index contributed by atoms with van der Waals surface area (Å²) in [6.45, 7) is 0.574. The van der Waals surface area contributed by atoms with E-state index in [0.717, 1.165) is 0 Å². The van der Waals surface area contributed by atoms with Crippen molar-refractivity contribution in [3.05, 3.63) is 29.6 Å². The van der Waals surface area contributed by atoms with Crippen molar-refractivity contribution in [2.45, 2.75) is 6.61 Å². The molecule has 0 heterocycles. The Balaban J connectivity index is 2.67. The van der Waals surface area contributed by atoms with Gasteiger partial charge in [0.1, 0.15) is 5.82 Å². The molecule has 5 nitrogen and oxygen atoms in total. The maximum atomic E-state index is 13.7. The zero-order valence-electron chi connectivity index (χ0n) is 11.1. The van der Waals surface area contributed by atoms with Gasteiger partial charge in [-0.25, -0.2) is 4.39 Å². The monoisotopic (exact) mass is 270 g/mol. The molecule has 0 unspecified atom stereocenters. The van der Waals surface area contributed by atoms with Crippen LogP contribution < -0.4 is 10.2 Å². The number of aliphatic hydroxyl groups is 1. The molecule has 0 atom stereocenters. The Hall–Kier alpha value is -1.66. The predicted molar refractivity (Wildman–Crippen MR) is 70.5 cm³/mol. The van der Waals surface area contributed by atoms with E-state index >= 15 is 0 Å². The third kappa shape index (κ3) is 4.50. The SMILES string of the molecule is COCCNC(=O)CN(C)c1c(F)cccc1CO. The van der Waals surface area contributed by atoms with Crippen molar-refractivity contribution in [2.24, 2.45) is 0 Å². The molecule has 19 heavy (non-hydrogen) atoms. The number of ether oxygens (including phenoxy) is 1. The van der Waals surface area contributed by atoms with Crippen molar-refractivity contribution in [1.29, 1.82) is 0 Å². The summed E-state index contributed by atoms with van der Waals surface area (Å²) in [5.74, 6) is -0.689. The maximum Gasteiger partial charge on any atom is 0.239 e. The molecule has 0 saturated carbocycles. The summed E-state index contributed by atoms with van der Waals surface area (Å²) in [5, 5.41) is 11.8. The average molecular weight is 270 g/mol. The largest absolute Gasteiger partial charge is 0.392 e. The molecule has 0 fully saturated rings. The summed E-state index contributed by atoms with van der Waals surface area (Å²) < 4.78 is 18.6. The second-order valence-electron chi connectivity index (χ2n) is 4.10. The molecule has 106 valence electrons. The van der Waals surface area contributed by atoms with Crippen molar-refractivity contribution >= 4 is 11.6 Å². The fourth-order valence-corrected chi connectivity index (χ4v) is 1.76. The van der Waals surface area contributed by atoms with Crippen LogP contribution in [0.15, 0.2) is 18.2 Å². The first-order chi connectivity index (χ1) is 9.10. The summed E-state index contributed by atoms with van der Waals surface area (Å²) in [4.78, 5) is 13.1. The number of rotatable bonds is 7. The summed E-state index contributed by atoms with van der Waals surface area (Å²) in [7, 11) is 3.15. The lowest BCUT2D eigenvalue weighted by molar-refractivity contribution is -0.119. The first-order valence-electron chi connectivity index (χ1n) is 5.95. The molecule has 0 aliphatic carbocycles. The van der Waals surface area contributed by atoms with E-state index in [9.17, 15) is 14.3 Å². The zero-order valence-corrected chi connectivity index (χ0v) is 11.1. The number of aliphatic hydroxyl groups excluding tert-OH is 1. The number of benzene rings is 1. The van der Waals surface area contributed by atoms with Crippen molar-refractivity contribution in [3.63, 3.8) is 0 Å². The van der Waals surface area contributed by atoms with Crippen LogP contribution in [0.1, 0.15) is 5.56 Å². The fourth-order valence-electron chi connectivity index (χ4n) is 1.76. The Morgan fingerprint density at radius 1 is 1.53 bits per heavy atom. The number of carbonyl (C=O) groups is 1. The van der Waals surface area contributed by atoms with Gasteiger partial charge in [-0.05, 0) is 6.07 Å². The molecule has 0 aliphatic heterocycles. The third-order valence-corrected chi connectivity index (χ3v) is 2.63. The number of nitrogens with zero attached hydrogens (tertiary/aromatic N) is 1. The number of amides is 1. The van der Waals surface area contributed by atoms with Gasteiger partial charge in [0, 0.05) is 26.3 Å². The van der Waals surface area contributed by atoms with E-state index in [2.05, 4.69) is 5.32 Å². The summed E-state index contributed by atoms with van der Waals surface area (Å²) in [5.41, 5.74) is 0.694. The smallest absolute Gasteiger partial charge is 0.239 e. The lowest BCUT2D eigenvalue weighted by Crippen LogP contribution is -2.37. The van der Waals surface area contributed by atoms with Crippen LogP contribution in [0.5, 0.6) is 0 Å². The Bertz CT molecular complexity index is 426. The Labute approximate surface area is 112 Å². The molecule has 0 aromatic heterocycles. The van der Waals surface area contributed by atoms with Gasteiger partial charge in [0.05, 0.1) is 25.4 Å². The quantitative estimate of drug-likeness (QED) is 0.709. The molecular weight excluding hydrogens is 251 g/mol. The van der Waals surface area contributed by atoms with Crippen LogP contribution in [0.25, 0.3) is 0 Å². The molecule has 6 heteroatoms. The van der Waals surface area contributed by atoms with Crippen molar-refractivity contribution in [1.82, 2.24) is 5.32 Å². The van der Waals surface area contributed by atoms with Crippen LogP contribution in [-0.4, -0.2) is 44.9 Å². The molecular formula is C13H19FN2O3. The van der Waals surface area contributed by atoms with Gasteiger partial charge in [0.2, 0.25) is 5.91 Å². The minimum Gasteiger partial charge on any atom is -0.392 e. The second-order valence-corrected chi connectivity index (χ2v) is 4.10. The minimum absolute atomic E-state index is 0.0116. The number of nitrogens with one attached hydrogen (secondary N) is 1. The average Bonchev–Trinajstić information content (AvgIpc) is 2.38. The fraction of sp³-hybridized carbons (Fsp3) is 0.462. The van der Waals surface area contributed by atoms with Crippen LogP contribution in [0, 0.1) is 5.82 Å². The number of hydrogen-bond donors (Lipinski definition) is 2. The summed E-state index contributed by atoms with van der Waals surface area (Å²) in [6.07, 6.45) is 0. The van der Waals surface area contributed by atoms with Crippen LogP contribution in [0.4, 0.5) is 10.1 Å². The molecule has 0 aliphatic rings. The van der Waals surface area contributed by atoms with Crippen LogP contribution in [-0.2, 0) is 16.1 Å². The van der Waals surface area contributed by atoms with Gasteiger partial charge in [0.15, 0.2) is 0 Å². The number of methoxy groups -OCH3 is 1. The van der Waals surface area contributed by atoms with E-state index in [4.69, 9.17) is 4.74 Å². The predicted octanol–water partition coefficient (Wildman–Crippen LogP) is 0.517. The summed E-state index contributed by atoms with van der Waals surface area (Å²) >= 11 is 0. The van der Waals surface area contributed by atoms with Crippen molar-refractivity contribution < 1.29 is 19.0 Å². The Morgan fingerprint density at radius 3 is 2.89 bits per heavy atom. The number of halogens is 1. The van der Waals surface area contributed by atoms with Gasteiger partial charge in [-0.2, -0.15) is 0 Å². The van der Waals surface area contributed by atoms with Crippen LogP contribution in [0.2, 0.25) is 0 Å². The topological polar surface area (TPSA) is 61.8 Å². The highest BCUT2D eigenvalue weighted by Crippen LogP contribution is 2.23. The van der Waals surface area contributed by atoms with E-state index in [-0.39, 0.29) is 24.7 Å². The first-order valence-corrected chi connectivity index (χ1v) is 5.95. The highest BCUT2D eigenvalue weighted by atomic mass is 19.1. The first kappa shape index (κ1) is 15.4. The Kier molecular flexibility index (Phi) is 6.24. The highest BCUT2D eigenvalue weighted by molar-refractivity contribution is 5.81. The van der Waals surface area contributed by atoms with Gasteiger partial charge in [-0.1, -0.05) is 12.1 Å². The Morgan fingerprint density at radius 2 is 2.26 bits per heavy atom. The van der Waals surface area contributed by atoms with Crippen LogP contribution in [0.3, 0.4) is 0 Å². The second kappa shape index (κ2) is 7.70. The van der Waals surface area contributed by atoms with Crippen molar-refractivity contribution in [2.75, 3.05) is 38.8 Å². The molecule has 0 spiro atoms. The van der Waals surface area contributed by atoms with E-state index in [0.29, 0.717) is 18.7 Å². The molecule has 1 amide bonds.